The summed E-state index contributed by atoms with van der Waals surface area (Å²) < 4.78 is 0. The Morgan fingerprint density at radius 3 is 2.32 bits per heavy atom. The van der Waals surface area contributed by atoms with Crippen molar-refractivity contribution in [1.29, 1.82) is 0 Å². The normalized spacial score (nSPS) is 21.0. The zero-order chi connectivity index (χ0) is 17.5. The van der Waals surface area contributed by atoms with Gasteiger partial charge in [0, 0.05) is 43.8 Å². The number of rotatable bonds is 5. The van der Waals surface area contributed by atoms with Crippen LogP contribution in [0.4, 0.5) is 0 Å². The van der Waals surface area contributed by atoms with E-state index in [1.807, 2.05) is 18.2 Å². The third-order valence-electron chi connectivity index (χ3n) is 5.40. The fourth-order valence-corrected chi connectivity index (χ4v) is 4.07. The van der Waals surface area contributed by atoms with Crippen LogP contribution in [-0.4, -0.2) is 54.5 Å². The minimum Gasteiger partial charge on any atom is -0.352 e. The van der Waals surface area contributed by atoms with Crippen LogP contribution in [0.2, 0.25) is 5.02 Å². The summed E-state index contributed by atoms with van der Waals surface area (Å²) in [6.45, 7) is 5.30. The average Bonchev–Trinajstić information content (AvgIpc) is 2.87. The van der Waals surface area contributed by atoms with Gasteiger partial charge in [-0.2, -0.15) is 0 Å². The monoisotopic (exact) mass is 363 g/mol. The third-order valence-corrected chi connectivity index (χ3v) is 5.77. The molecule has 1 heterocycles. The molecule has 0 aromatic heterocycles. The molecule has 1 aromatic carbocycles. The van der Waals surface area contributed by atoms with Crippen molar-refractivity contribution in [2.24, 2.45) is 0 Å². The fourth-order valence-electron chi connectivity index (χ4n) is 3.87. The van der Waals surface area contributed by atoms with E-state index in [-0.39, 0.29) is 5.91 Å². The molecular weight excluding hydrogens is 334 g/mol. The van der Waals surface area contributed by atoms with Crippen molar-refractivity contribution < 1.29 is 4.79 Å². The molecule has 138 valence electrons. The molecular formula is C20H30ClN3O. The molecule has 1 saturated heterocycles. The molecule has 0 unspecified atom stereocenters. The zero-order valence-corrected chi connectivity index (χ0v) is 15.8. The quantitative estimate of drug-likeness (QED) is 0.815. The largest absolute Gasteiger partial charge is 0.352 e. The number of piperazine rings is 1. The predicted molar refractivity (Wildman–Crippen MR) is 103 cm³/mol. The summed E-state index contributed by atoms with van der Waals surface area (Å²) in [5.41, 5.74) is 1.18. The van der Waals surface area contributed by atoms with Gasteiger partial charge in [0.2, 0.25) is 5.91 Å². The number of carbonyl (C=O) groups is 1. The van der Waals surface area contributed by atoms with Crippen LogP contribution in [0.3, 0.4) is 0 Å². The fraction of sp³-hybridized carbons (Fsp3) is 0.650. The van der Waals surface area contributed by atoms with Crippen molar-refractivity contribution in [3.05, 3.63) is 34.9 Å². The summed E-state index contributed by atoms with van der Waals surface area (Å²) in [5.74, 6) is 0.200. The highest BCUT2D eigenvalue weighted by Crippen LogP contribution is 2.18. The van der Waals surface area contributed by atoms with E-state index in [0.29, 0.717) is 12.6 Å². The molecule has 3 rings (SSSR count). The Kier molecular flexibility index (Phi) is 7.14. The van der Waals surface area contributed by atoms with Crippen LogP contribution in [-0.2, 0) is 11.3 Å². The van der Waals surface area contributed by atoms with E-state index >= 15 is 0 Å². The van der Waals surface area contributed by atoms with Gasteiger partial charge < -0.3 is 5.32 Å². The van der Waals surface area contributed by atoms with Crippen molar-refractivity contribution >= 4 is 17.5 Å². The van der Waals surface area contributed by atoms with Gasteiger partial charge in [-0.15, -0.1) is 0 Å². The molecule has 0 bridgehead atoms. The van der Waals surface area contributed by atoms with E-state index in [1.54, 1.807) is 0 Å². The third kappa shape index (κ3) is 5.98. The molecule has 1 aromatic rings. The molecule has 1 aliphatic heterocycles. The topological polar surface area (TPSA) is 35.6 Å². The SMILES string of the molecule is O=C(CN1CCN(Cc2ccccc2Cl)CC1)NC1CCCCCC1. The minimum atomic E-state index is 0.200. The highest BCUT2D eigenvalue weighted by Gasteiger charge is 2.21. The van der Waals surface area contributed by atoms with Gasteiger partial charge in [0.25, 0.3) is 0 Å². The summed E-state index contributed by atoms with van der Waals surface area (Å²) in [4.78, 5) is 17.0. The van der Waals surface area contributed by atoms with Gasteiger partial charge in [0.15, 0.2) is 0 Å². The molecule has 0 radical (unpaired) electrons. The number of nitrogens with one attached hydrogen (secondary N) is 1. The molecule has 1 amide bonds. The van der Waals surface area contributed by atoms with E-state index in [4.69, 9.17) is 11.6 Å². The van der Waals surface area contributed by atoms with Crippen molar-refractivity contribution in [2.75, 3.05) is 32.7 Å². The van der Waals surface area contributed by atoms with Crippen molar-refractivity contribution in [1.82, 2.24) is 15.1 Å². The van der Waals surface area contributed by atoms with Crippen LogP contribution < -0.4 is 5.32 Å². The van der Waals surface area contributed by atoms with Gasteiger partial charge in [-0.05, 0) is 24.5 Å². The van der Waals surface area contributed by atoms with Crippen LogP contribution in [0, 0.1) is 0 Å². The Bertz CT molecular complexity index is 550. The second-order valence-corrected chi connectivity index (χ2v) is 7.81. The Hall–Kier alpha value is -1.10. The highest BCUT2D eigenvalue weighted by molar-refractivity contribution is 6.31. The van der Waals surface area contributed by atoms with Crippen LogP contribution in [0.15, 0.2) is 24.3 Å². The van der Waals surface area contributed by atoms with E-state index in [2.05, 4.69) is 21.2 Å². The lowest BCUT2D eigenvalue weighted by Crippen LogP contribution is -2.50. The van der Waals surface area contributed by atoms with Gasteiger partial charge in [-0.1, -0.05) is 55.5 Å². The standard InChI is InChI=1S/C20H30ClN3O/c21-19-10-6-5-7-17(19)15-23-11-13-24(14-12-23)16-20(25)22-18-8-3-1-2-4-9-18/h5-7,10,18H,1-4,8-9,11-16H2,(H,22,25). The van der Waals surface area contributed by atoms with Gasteiger partial charge in [0.1, 0.15) is 0 Å². The molecule has 25 heavy (non-hydrogen) atoms. The maximum atomic E-state index is 12.3. The summed E-state index contributed by atoms with van der Waals surface area (Å²) >= 11 is 6.26. The van der Waals surface area contributed by atoms with Gasteiger partial charge in [-0.3, -0.25) is 14.6 Å². The number of amides is 1. The van der Waals surface area contributed by atoms with Crippen LogP contribution in [0.25, 0.3) is 0 Å². The van der Waals surface area contributed by atoms with Crippen LogP contribution in [0.1, 0.15) is 44.1 Å². The summed E-state index contributed by atoms with van der Waals surface area (Å²) in [6, 6.07) is 8.45. The predicted octanol–water partition coefficient (Wildman–Crippen LogP) is 3.30. The molecule has 1 saturated carbocycles. The Morgan fingerprint density at radius 1 is 1.00 bits per heavy atom. The van der Waals surface area contributed by atoms with Gasteiger partial charge in [0.05, 0.1) is 6.54 Å². The summed E-state index contributed by atoms with van der Waals surface area (Å²) in [7, 11) is 0. The second-order valence-electron chi connectivity index (χ2n) is 7.40. The lowest BCUT2D eigenvalue weighted by atomic mass is 10.1. The first kappa shape index (κ1) is 18.7. The highest BCUT2D eigenvalue weighted by atomic mass is 35.5. The zero-order valence-electron chi connectivity index (χ0n) is 15.1. The molecule has 1 N–H and O–H groups in total. The average molecular weight is 364 g/mol. The molecule has 5 heteroatoms. The summed E-state index contributed by atoms with van der Waals surface area (Å²) in [6.07, 6.45) is 7.45. The first-order chi connectivity index (χ1) is 12.2. The van der Waals surface area contributed by atoms with E-state index in [9.17, 15) is 4.79 Å². The molecule has 0 spiro atoms. The van der Waals surface area contributed by atoms with Crippen molar-refractivity contribution in [3.8, 4) is 0 Å². The van der Waals surface area contributed by atoms with Crippen molar-refractivity contribution in [3.63, 3.8) is 0 Å². The number of nitrogens with zero attached hydrogens (tertiary/aromatic N) is 2. The smallest absolute Gasteiger partial charge is 0.234 e. The Labute approximate surface area is 156 Å². The Morgan fingerprint density at radius 2 is 1.64 bits per heavy atom. The lowest BCUT2D eigenvalue weighted by Gasteiger charge is -2.34. The molecule has 2 fully saturated rings. The summed E-state index contributed by atoms with van der Waals surface area (Å²) in [5, 5.41) is 4.09. The number of carbonyl (C=O) groups excluding carboxylic acids is 1. The first-order valence-electron chi connectivity index (χ1n) is 9.68. The molecule has 0 atom stereocenters. The van der Waals surface area contributed by atoms with Crippen molar-refractivity contribution in [2.45, 2.75) is 51.1 Å². The first-order valence-corrected chi connectivity index (χ1v) is 10.1. The number of hydrogen-bond donors (Lipinski definition) is 1. The number of hydrogen-bond acceptors (Lipinski definition) is 3. The number of benzene rings is 1. The van der Waals surface area contributed by atoms with Gasteiger partial charge >= 0.3 is 0 Å². The molecule has 1 aliphatic carbocycles. The maximum absolute atomic E-state index is 12.3. The van der Waals surface area contributed by atoms with Gasteiger partial charge in [-0.25, -0.2) is 0 Å². The second kappa shape index (κ2) is 9.56. The van der Waals surface area contributed by atoms with Crippen LogP contribution >= 0.6 is 11.6 Å². The maximum Gasteiger partial charge on any atom is 0.234 e. The van der Waals surface area contributed by atoms with E-state index < -0.39 is 0 Å². The lowest BCUT2D eigenvalue weighted by molar-refractivity contribution is -0.123. The molecule has 4 nitrogen and oxygen atoms in total. The number of halogens is 1. The van der Waals surface area contributed by atoms with Crippen LogP contribution in [0.5, 0.6) is 0 Å². The molecule has 2 aliphatic rings. The van der Waals surface area contributed by atoms with E-state index in [1.165, 1.54) is 31.2 Å². The minimum absolute atomic E-state index is 0.200. The van der Waals surface area contributed by atoms with E-state index in [0.717, 1.165) is 50.6 Å². The Balaban J connectivity index is 1.38.